The van der Waals surface area contributed by atoms with Crippen LogP contribution in [0.4, 0.5) is 10.1 Å². The third-order valence-electron chi connectivity index (χ3n) is 2.26. The van der Waals surface area contributed by atoms with E-state index in [1.54, 1.807) is 6.07 Å². The minimum Gasteiger partial charge on any atom is -0.398 e. The summed E-state index contributed by atoms with van der Waals surface area (Å²) in [7, 11) is 0. The lowest BCUT2D eigenvalue weighted by Gasteiger charge is -2.14. The van der Waals surface area contributed by atoms with Crippen molar-refractivity contribution in [2.75, 3.05) is 11.5 Å². The summed E-state index contributed by atoms with van der Waals surface area (Å²) in [6, 6.07) is 6.57. The number of hydrogen-bond acceptors (Lipinski definition) is 3. The van der Waals surface area contributed by atoms with Gasteiger partial charge in [-0.15, -0.1) is 11.8 Å². The van der Waals surface area contributed by atoms with E-state index in [2.05, 4.69) is 6.07 Å². The second-order valence-electron chi connectivity index (χ2n) is 4.28. The van der Waals surface area contributed by atoms with Crippen molar-refractivity contribution >= 4 is 17.4 Å². The zero-order chi connectivity index (χ0) is 12.2. The third-order valence-corrected chi connectivity index (χ3v) is 3.34. The van der Waals surface area contributed by atoms with Gasteiger partial charge < -0.3 is 5.73 Å². The van der Waals surface area contributed by atoms with Crippen LogP contribution in [0.25, 0.3) is 0 Å². The highest BCUT2D eigenvalue weighted by molar-refractivity contribution is 7.99. The Morgan fingerprint density at radius 2 is 2.19 bits per heavy atom. The Morgan fingerprint density at radius 3 is 2.81 bits per heavy atom. The smallest absolute Gasteiger partial charge is 0.124 e. The van der Waals surface area contributed by atoms with Crippen LogP contribution in [0, 0.1) is 22.6 Å². The van der Waals surface area contributed by atoms with Crippen LogP contribution in [-0.2, 0) is 0 Å². The van der Waals surface area contributed by atoms with E-state index in [-0.39, 0.29) is 11.2 Å². The number of nitrogens with two attached hydrogens (primary N) is 1. The Hall–Kier alpha value is -1.21. The van der Waals surface area contributed by atoms with Gasteiger partial charge in [0.1, 0.15) is 5.82 Å². The van der Waals surface area contributed by atoms with Crippen molar-refractivity contribution in [3.05, 3.63) is 24.0 Å². The van der Waals surface area contributed by atoms with Gasteiger partial charge in [-0.05, 0) is 44.2 Å². The van der Waals surface area contributed by atoms with E-state index < -0.39 is 0 Å². The summed E-state index contributed by atoms with van der Waals surface area (Å²) in [6.07, 6.45) is 0.754. The van der Waals surface area contributed by atoms with Crippen LogP contribution in [0.1, 0.15) is 20.3 Å². The lowest BCUT2D eigenvalue weighted by atomic mass is 9.93. The standard InChI is InChI=1S/C12H15FN2S/c1-12(2,8-14)5-6-16-11-7-9(13)3-4-10(11)15/h3-4,7H,5-6,15H2,1-2H3. The minimum atomic E-state index is -0.338. The molecule has 0 spiro atoms. The SMILES string of the molecule is CC(C)(C#N)CCSc1cc(F)ccc1N. The monoisotopic (exact) mass is 238 g/mol. The first-order chi connectivity index (χ1) is 7.44. The Bertz CT molecular complexity index is 410. The molecule has 2 nitrogen and oxygen atoms in total. The zero-order valence-electron chi connectivity index (χ0n) is 9.46. The van der Waals surface area contributed by atoms with Crippen molar-refractivity contribution in [3.8, 4) is 6.07 Å². The summed E-state index contributed by atoms with van der Waals surface area (Å²) in [4.78, 5) is 0.744. The number of anilines is 1. The van der Waals surface area contributed by atoms with Crippen molar-refractivity contribution < 1.29 is 4.39 Å². The fourth-order valence-electron chi connectivity index (χ4n) is 1.11. The number of nitrogens with zero attached hydrogens (tertiary/aromatic N) is 1. The number of benzene rings is 1. The molecule has 0 amide bonds. The maximum absolute atomic E-state index is 13.0. The highest BCUT2D eigenvalue weighted by atomic mass is 32.2. The van der Waals surface area contributed by atoms with Gasteiger partial charge in [0.15, 0.2) is 0 Å². The Balaban J connectivity index is 2.56. The molecule has 0 fully saturated rings. The molecule has 0 heterocycles. The van der Waals surface area contributed by atoms with Gasteiger partial charge in [-0.1, -0.05) is 0 Å². The fraction of sp³-hybridized carbons (Fsp3) is 0.417. The van der Waals surface area contributed by atoms with Gasteiger partial charge in [0.25, 0.3) is 0 Å². The third kappa shape index (κ3) is 3.74. The van der Waals surface area contributed by atoms with Gasteiger partial charge in [0, 0.05) is 10.6 Å². The summed E-state index contributed by atoms with van der Waals surface area (Å²) < 4.78 is 13.0. The summed E-state index contributed by atoms with van der Waals surface area (Å²) >= 11 is 1.49. The lowest BCUT2D eigenvalue weighted by Crippen LogP contribution is -2.08. The average molecular weight is 238 g/mol. The predicted octanol–water partition coefficient (Wildman–Crippen LogP) is 3.44. The van der Waals surface area contributed by atoms with E-state index >= 15 is 0 Å². The molecule has 1 rings (SSSR count). The summed E-state index contributed by atoms with van der Waals surface area (Å²) in [6.45, 7) is 3.78. The molecule has 0 saturated heterocycles. The Kier molecular flexibility index (Phi) is 4.19. The van der Waals surface area contributed by atoms with Crippen molar-refractivity contribution in [2.45, 2.75) is 25.2 Å². The fourth-order valence-corrected chi connectivity index (χ4v) is 2.37. The zero-order valence-corrected chi connectivity index (χ0v) is 10.3. The second kappa shape index (κ2) is 5.22. The van der Waals surface area contributed by atoms with E-state index in [0.717, 1.165) is 17.1 Å². The molecule has 0 atom stereocenters. The van der Waals surface area contributed by atoms with E-state index in [1.165, 1.54) is 23.9 Å². The molecule has 0 unspecified atom stereocenters. The number of rotatable bonds is 4. The molecule has 0 saturated carbocycles. The number of nitrogen functional groups attached to an aromatic ring is 1. The Morgan fingerprint density at radius 1 is 1.50 bits per heavy atom. The van der Waals surface area contributed by atoms with Gasteiger partial charge in [-0.2, -0.15) is 5.26 Å². The maximum Gasteiger partial charge on any atom is 0.124 e. The predicted molar refractivity (Wildman–Crippen MR) is 65.5 cm³/mol. The quantitative estimate of drug-likeness (QED) is 0.645. The summed E-state index contributed by atoms with van der Waals surface area (Å²) in [5.74, 6) is 0.477. The molecule has 2 N–H and O–H groups in total. The van der Waals surface area contributed by atoms with Gasteiger partial charge in [-0.25, -0.2) is 4.39 Å². The van der Waals surface area contributed by atoms with E-state index in [0.29, 0.717) is 5.69 Å². The summed E-state index contributed by atoms with van der Waals surface area (Å²) in [5, 5.41) is 8.85. The van der Waals surface area contributed by atoms with Crippen LogP contribution in [-0.4, -0.2) is 5.75 Å². The molecule has 4 heteroatoms. The molecule has 0 aliphatic carbocycles. The number of halogens is 1. The lowest BCUT2D eigenvalue weighted by molar-refractivity contribution is 0.482. The maximum atomic E-state index is 13.0. The number of nitriles is 1. The normalized spacial score (nSPS) is 11.1. The number of thioether (sulfide) groups is 1. The minimum absolute atomic E-state index is 0.281. The first-order valence-electron chi connectivity index (χ1n) is 5.04. The summed E-state index contributed by atoms with van der Waals surface area (Å²) in [5.41, 5.74) is 5.97. The molecule has 0 aliphatic rings. The van der Waals surface area contributed by atoms with Crippen LogP contribution in [0.5, 0.6) is 0 Å². The molecular weight excluding hydrogens is 223 g/mol. The molecule has 0 radical (unpaired) electrons. The molecule has 86 valence electrons. The van der Waals surface area contributed by atoms with Gasteiger partial charge in [-0.3, -0.25) is 0 Å². The molecule has 0 aromatic heterocycles. The molecule has 0 aliphatic heterocycles. The highest BCUT2D eigenvalue weighted by Crippen LogP contribution is 2.29. The van der Waals surface area contributed by atoms with Gasteiger partial charge in [0.05, 0.1) is 11.5 Å². The molecular formula is C12H15FN2S. The van der Waals surface area contributed by atoms with Crippen molar-refractivity contribution in [3.63, 3.8) is 0 Å². The van der Waals surface area contributed by atoms with Crippen molar-refractivity contribution in [2.24, 2.45) is 5.41 Å². The van der Waals surface area contributed by atoms with Crippen molar-refractivity contribution in [1.29, 1.82) is 5.26 Å². The van der Waals surface area contributed by atoms with Crippen LogP contribution in [0.3, 0.4) is 0 Å². The van der Waals surface area contributed by atoms with Crippen molar-refractivity contribution in [1.82, 2.24) is 0 Å². The molecule has 1 aromatic carbocycles. The second-order valence-corrected chi connectivity index (χ2v) is 5.41. The first kappa shape index (κ1) is 12.9. The average Bonchev–Trinajstić information content (AvgIpc) is 2.23. The van der Waals surface area contributed by atoms with Gasteiger partial charge >= 0.3 is 0 Å². The van der Waals surface area contributed by atoms with Crippen LogP contribution >= 0.6 is 11.8 Å². The van der Waals surface area contributed by atoms with Crippen LogP contribution < -0.4 is 5.73 Å². The van der Waals surface area contributed by atoms with Crippen LogP contribution in [0.15, 0.2) is 23.1 Å². The van der Waals surface area contributed by atoms with Gasteiger partial charge in [0.2, 0.25) is 0 Å². The molecule has 1 aromatic rings. The van der Waals surface area contributed by atoms with E-state index in [9.17, 15) is 4.39 Å². The molecule has 0 bridgehead atoms. The largest absolute Gasteiger partial charge is 0.398 e. The van der Waals surface area contributed by atoms with E-state index in [4.69, 9.17) is 11.0 Å². The highest BCUT2D eigenvalue weighted by Gasteiger charge is 2.16. The molecule has 16 heavy (non-hydrogen) atoms. The topological polar surface area (TPSA) is 49.8 Å². The first-order valence-corrected chi connectivity index (χ1v) is 6.02. The Labute approximate surface area is 99.6 Å². The van der Waals surface area contributed by atoms with Crippen LogP contribution in [0.2, 0.25) is 0 Å². The number of hydrogen-bond donors (Lipinski definition) is 1. The van der Waals surface area contributed by atoms with E-state index in [1.807, 2.05) is 13.8 Å².